The van der Waals surface area contributed by atoms with Crippen LogP contribution in [-0.4, -0.2) is 28.6 Å². The molecule has 6 nitrogen and oxygen atoms in total. The van der Waals surface area contributed by atoms with Crippen molar-refractivity contribution in [2.24, 2.45) is 0 Å². The van der Waals surface area contributed by atoms with Gasteiger partial charge in [-0.05, 0) is 30.0 Å². The smallest absolute Gasteiger partial charge is 0.339 e. The fourth-order valence-corrected chi connectivity index (χ4v) is 1.97. The zero-order valence-electron chi connectivity index (χ0n) is 11.6. The summed E-state index contributed by atoms with van der Waals surface area (Å²) in [6.45, 7) is 3.97. The SMILES string of the molecule is CCC(C)c1ccc(OC(=O)CNCP(=O)(O)O)cc1. The van der Waals surface area contributed by atoms with E-state index >= 15 is 0 Å². The molecule has 7 heteroatoms. The molecule has 1 aromatic carbocycles. The Kier molecular flexibility index (Phi) is 6.36. The molecule has 3 N–H and O–H groups in total. The van der Waals surface area contributed by atoms with Crippen molar-refractivity contribution in [3.63, 3.8) is 0 Å². The maximum absolute atomic E-state index is 11.4. The van der Waals surface area contributed by atoms with E-state index < -0.39 is 19.9 Å². The van der Waals surface area contributed by atoms with Crippen molar-refractivity contribution < 1.29 is 23.9 Å². The first-order valence-electron chi connectivity index (χ1n) is 6.37. The first kappa shape index (κ1) is 16.9. The van der Waals surface area contributed by atoms with Gasteiger partial charge in [0, 0.05) is 0 Å². The molecule has 0 saturated carbocycles. The van der Waals surface area contributed by atoms with Crippen LogP contribution >= 0.6 is 7.60 Å². The maximum Gasteiger partial charge on any atom is 0.339 e. The molecule has 0 fully saturated rings. The summed E-state index contributed by atoms with van der Waals surface area (Å²) in [6, 6.07) is 7.23. The Labute approximate surface area is 118 Å². The van der Waals surface area contributed by atoms with Crippen LogP contribution < -0.4 is 10.1 Å². The molecule has 0 aliphatic carbocycles. The molecule has 0 radical (unpaired) electrons. The van der Waals surface area contributed by atoms with Gasteiger partial charge in [0.25, 0.3) is 0 Å². The lowest BCUT2D eigenvalue weighted by molar-refractivity contribution is -0.133. The number of nitrogens with one attached hydrogen (secondary N) is 1. The predicted octanol–water partition coefficient (Wildman–Crippen LogP) is 1.83. The molecule has 0 bridgehead atoms. The second-order valence-electron chi connectivity index (χ2n) is 4.60. The third-order valence-electron chi connectivity index (χ3n) is 2.88. The molecule has 1 rings (SSSR count). The molecule has 0 amide bonds. The highest BCUT2D eigenvalue weighted by Crippen LogP contribution is 2.31. The van der Waals surface area contributed by atoms with Gasteiger partial charge in [0.1, 0.15) is 5.75 Å². The van der Waals surface area contributed by atoms with Gasteiger partial charge in [-0.1, -0.05) is 26.0 Å². The van der Waals surface area contributed by atoms with Crippen molar-refractivity contribution in [2.45, 2.75) is 26.2 Å². The van der Waals surface area contributed by atoms with Gasteiger partial charge < -0.3 is 14.5 Å². The van der Waals surface area contributed by atoms with E-state index in [2.05, 4.69) is 19.2 Å². The average Bonchev–Trinajstić information content (AvgIpc) is 2.37. The molecular weight excluding hydrogens is 281 g/mol. The standard InChI is InChI=1S/C13H20NO5P/c1-3-10(2)11-4-6-12(7-5-11)19-13(15)8-14-9-20(16,17)18/h4-7,10,14H,3,8-9H2,1-2H3,(H2,16,17,18). The Hall–Kier alpha value is -1.20. The van der Waals surface area contributed by atoms with E-state index in [4.69, 9.17) is 14.5 Å². The second-order valence-corrected chi connectivity index (χ2v) is 6.25. The number of ether oxygens (including phenoxy) is 1. The quantitative estimate of drug-likeness (QED) is 0.404. The maximum atomic E-state index is 11.4. The van der Waals surface area contributed by atoms with E-state index in [0.29, 0.717) is 11.7 Å². The van der Waals surface area contributed by atoms with Gasteiger partial charge in [-0.3, -0.25) is 14.7 Å². The van der Waals surface area contributed by atoms with Crippen LogP contribution in [-0.2, 0) is 9.36 Å². The second kappa shape index (κ2) is 7.55. The van der Waals surface area contributed by atoms with E-state index in [1.54, 1.807) is 12.1 Å². The van der Waals surface area contributed by atoms with E-state index in [-0.39, 0.29) is 6.54 Å². The molecule has 0 aliphatic rings. The van der Waals surface area contributed by atoms with Gasteiger partial charge in [0.15, 0.2) is 0 Å². The predicted molar refractivity (Wildman–Crippen MR) is 75.7 cm³/mol. The average molecular weight is 301 g/mol. The largest absolute Gasteiger partial charge is 0.426 e. The monoisotopic (exact) mass is 301 g/mol. The third kappa shape index (κ3) is 6.30. The van der Waals surface area contributed by atoms with E-state index in [1.165, 1.54) is 5.56 Å². The molecule has 0 saturated heterocycles. The normalized spacial score (nSPS) is 13.0. The third-order valence-corrected chi connectivity index (χ3v) is 3.52. The van der Waals surface area contributed by atoms with E-state index in [0.717, 1.165) is 6.42 Å². The van der Waals surface area contributed by atoms with Crippen molar-refractivity contribution in [2.75, 3.05) is 12.8 Å². The Morgan fingerprint density at radius 3 is 2.45 bits per heavy atom. The number of carbonyl (C=O) groups excluding carboxylic acids is 1. The highest BCUT2D eigenvalue weighted by Gasteiger charge is 2.13. The van der Waals surface area contributed by atoms with Crippen LogP contribution in [0.3, 0.4) is 0 Å². The minimum Gasteiger partial charge on any atom is -0.426 e. The molecule has 20 heavy (non-hydrogen) atoms. The summed E-state index contributed by atoms with van der Waals surface area (Å²) < 4.78 is 15.6. The number of hydrogen-bond acceptors (Lipinski definition) is 4. The van der Waals surface area contributed by atoms with Crippen molar-refractivity contribution in [1.29, 1.82) is 0 Å². The van der Waals surface area contributed by atoms with Gasteiger partial charge in [-0.25, -0.2) is 0 Å². The van der Waals surface area contributed by atoms with Crippen molar-refractivity contribution in [1.82, 2.24) is 5.32 Å². The molecule has 1 unspecified atom stereocenters. The van der Waals surface area contributed by atoms with Gasteiger partial charge >= 0.3 is 13.6 Å². The molecule has 0 heterocycles. The van der Waals surface area contributed by atoms with Gasteiger partial charge in [-0.2, -0.15) is 0 Å². The van der Waals surface area contributed by atoms with Crippen molar-refractivity contribution in [3.05, 3.63) is 29.8 Å². The zero-order valence-corrected chi connectivity index (χ0v) is 12.5. The van der Waals surface area contributed by atoms with E-state index in [9.17, 15) is 9.36 Å². The summed E-state index contributed by atoms with van der Waals surface area (Å²) >= 11 is 0. The fourth-order valence-electron chi connectivity index (χ4n) is 1.57. The minimum atomic E-state index is -4.14. The summed E-state index contributed by atoms with van der Waals surface area (Å²) in [5.74, 6) is 0.277. The van der Waals surface area contributed by atoms with Crippen LogP contribution in [0.15, 0.2) is 24.3 Å². The van der Waals surface area contributed by atoms with Crippen LogP contribution in [0.25, 0.3) is 0 Å². The lowest BCUT2D eigenvalue weighted by Gasteiger charge is -2.10. The summed E-state index contributed by atoms with van der Waals surface area (Å²) in [7, 11) is -4.14. The summed E-state index contributed by atoms with van der Waals surface area (Å²) in [6.07, 6.45) is 0.487. The number of benzene rings is 1. The van der Waals surface area contributed by atoms with Crippen LogP contribution in [0.5, 0.6) is 5.75 Å². The molecular formula is C13H20NO5P. The first-order chi connectivity index (χ1) is 9.31. The summed E-state index contributed by atoms with van der Waals surface area (Å²) in [5, 5.41) is 2.35. The molecule has 0 spiro atoms. The molecule has 1 aromatic rings. The Bertz CT molecular complexity index is 482. The summed E-state index contributed by atoms with van der Waals surface area (Å²) in [5.41, 5.74) is 1.17. The topological polar surface area (TPSA) is 95.9 Å². The lowest BCUT2D eigenvalue weighted by Crippen LogP contribution is -2.27. The van der Waals surface area contributed by atoms with Crippen LogP contribution in [0, 0.1) is 0 Å². The Balaban J connectivity index is 2.44. The molecule has 112 valence electrons. The fraction of sp³-hybridized carbons (Fsp3) is 0.462. The van der Waals surface area contributed by atoms with Crippen LogP contribution in [0.2, 0.25) is 0 Å². The number of hydrogen-bond donors (Lipinski definition) is 3. The molecule has 0 aliphatic heterocycles. The first-order valence-corrected chi connectivity index (χ1v) is 8.17. The lowest BCUT2D eigenvalue weighted by atomic mass is 9.99. The highest BCUT2D eigenvalue weighted by molar-refractivity contribution is 7.51. The number of rotatable bonds is 7. The highest BCUT2D eigenvalue weighted by atomic mass is 31.2. The minimum absolute atomic E-state index is 0.252. The zero-order chi connectivity index (χ0) is 15.2. The molecule has 0 aromatic heterocycles. The van der Waals surface area contributed by atoms with Gasteiger partial charge in [0.05, 0.1) is 12.8 Å². The number of esters is 1. The van der Waals surface area contributed by atoms with Crippen LogP contribution in [0.1, 0.15) is 31.7 Å². The van der Waals surface area contributed by atoms with Gasteiger partial charge in [-0.15, -0.1) is 0 Å². The van der Waals surface area contributed by atoms with Crippen molar-refractivity contribution >= 4 is 13.6 Å². The van der Waals surface area contributed by atoms with Crippen molar-refractivity contribution in [3.8, 4) is 5.75 Å². The van der Waals surface area contributed by atoms with E-state index in [1.807, 2.05) is 12.1 Å². The Morgan fingerprint density at radius 1 is 1.35 bits per heavy atom. The Morgan fingerprint density at radius 2 is 1.95 bits per heavy atom. The van der Waals surface area contributed by atoms with Gasteiger partial charge in [0.2, 0.25) is 0 Å². The van der Waals surface area contributed by atoms with Crippen LogP contribution in [0.4, 0.5) is 0 Å². The summed E-state index contributed by atoms with van der Waals surface area (Å²) in [4.78, 5) is 28.7. The number of carbonyl (C=O) groups is 1. The molecule has 1 atom stereocenters.